The maximum absolute atomic E-state index is 13.1. The fraction of sp³-hybridized carbons (Fsp3) is 0.300. The number of fused-ring (bicyclic) bond motifs is 1. The highest BCUT2D eigenvalue weighted by Gasteiger charge is 2.23. The summed E-state index contributed by atoms with van der Waals surface area (Å²) in [6.45, 7) is 4.78. The molecule has 1 saturated heterocycles. The Labute approximate surface area is 202 Å². The Hall–Kier alpha value is -3.37. The molecule has 1 amide bonds. The first kappa shape index (κ1) is 22.4. The zero-order chi connectivity index (χ0) is 23.2. The first-order chi connectivity index (χ1) is 16.8. The lowest BCUT2D eigenvalue weighted by atomic mass is 9.88. The maximum Gasteiger partial charge on any atom is 0.220 e. The van der Waals surface area contributed by atoms with Crippen molar-refractivity contribution < 1.29 is 4.79 Å². The molecule has 0 saturated carbocycles. The van der Waals surface area contributed by atoms with Crippen molar-refractivity contribution in [1.29, 1.82) is 0 Å². The molecule has 1 fully saturated rings. The minimum Gasteiger partial charge on any atom is -0.355 e. The van der Waals surface area contributed by atoms with Crippen molar-refractivity contribution in [2.75, 3.05) is 26.2 Å². The van der Waals surface area contributed by atoms with E-state index in [1.54, 1.807) is 0 Å². The number of hydrogen-bond acceptors (Lipinski definition) is 2. The third kappa shape index (κ3) is 5.23. The van der Waals surface area contributed by atoms with Gasteiger partial charge in [-0.2, -0.15) is 0 Å². The minimum absolute atomic E-state index is 0.00918. The molecule has 1 aromatic heterocycles. The second-order valence-electron chi connectivity index (χ2n) is 9.28. The number of nitrogens with one attached hydrogen (secondary N) is 1. The number of benzene rings is 3. The van der Waals surface area contributed by atoms with Crippen LogP contribution in [0, 0.1) is 0 Å². The van der Waals surface area contributed by atoms with Crippen LogP contribution < -0.4 is 5.32 Å². The van der Waals surface area contributed by atoms with Gasteiger partial charge in [-0.25, -0.2) is 0 Å². The minimum atomic E-state index is 0.00918. The van der Waals surface area contributed by atoms with Crippen LogP contribution in [0.2, 0.25) is 0 Å². The van der Waals surface area contributed by atoms with Gasteiger partial charge in [0.25, 0.3) is 0 Å². The lowest BCUT2D eigenvalue weighted by Gasteiger charge is -2.19. The molecule has 0 spiro atoms. The van der Waals surface area contributed by atoms with E-state index >= 15 is 0 Å². The number of aromatic nitrogens is 1. The SMILES string of the molecule is O=C(CC(c1ccccc1)c1cn(Cc2ccccc2)c2ccccc12)NCCN1CCCC1. The second-order valence-corrected chi connectivity index (χ2v) is 9.28. The summed E-state index contributed by atoms with van der Waals surface area (Å²) in [7, 11) is 0. The van der Waals surface area contributed by atoms with E-state index in [-0.39, 0.29) is 11.8 Å². The van der Waals surface area contributed by atoms with Crippen LogP contribution in [0.3, 0.4) is 0 Å². The number of nitrogens with zero attached hydrogens (tertiary/aromatic N) is 2. The zero-order valence-corrected chi connectivity index (χ0v) is 19.7. The van der Waals surface area contributed by atoms with Gasteiger partial charge < -0.3 is 14.8 Å². The van der Waals surface area contributed by atoms with E-state index in [0.717, 1.165) is 32.7 Å². The zero-order valence-electron chi connectivity index (χ0n) is 19.7. The summed E-state index contributed by atoms with van der Waals surface area (Å²) in [6.07, 6.45) is 5.25. The van der Waals surface area contributed by atoms with Crippen LogP contribution in [-0.4, -0.2) is 41.6 Å². The van der Waals surface area contributed by atoms with Crippen molar-refractivity contribution in [1.82, 2.24) is 14.8 Å². The van der Waals surface area contributed by atoms with Crippen molar-refractivity contribution in [2.24, 2.45) is 0 Å². The first-order valence-corrected chi connectivity index (χ1v) is 12.4. The predicted octanol–water partition coefficient (Wildman–Crippen LogP) is 5.42. The van der Waals surface area contributed by atoms with Gasteiger partial charge in [0.05, 0.1) is 0 Å². The van der Waals surface area contributed by atoms with Gasteiger partial charge in [0.2, 0.25) is 5.91 Å². The highest BCUT2D eigenvalue weighted by atomic mass is 16.1. The number of carbonyl (C=O) groups excluding carboxylic acids is 1. The number of likely N-dealkylation sites (tertiary alicyclic amines) is 1. The summed E-state index contributed by atoms with van der Waals surface area (Å²) in [4.78, 5) is 15.5. The number of hydrogen-bond donors (Lipinski definition) is 1. The lowest BCUT2D eigenvalue weighted by Crippen LogP contribution is -2.34. The highest BCUT2D eigenvalue weighted by Crippen LogP contribution is 2.35. The van der Waals surface area contributed by atoms with Crippen LogP contribution in [0.4, 0.5) is 0 Å². The topological polar surface area (TPSA) is 37.3 Å². The standard InChI is InChI=1S/C30H33N3O/c34-30(31-17-20-32-18-9-10-19-32)21-27(25-13-5-2-6-14-25)28-23-33(22-24-11-3-1-4-12-24)29-16-8-7-15-26(28)29/h1-8,11-16,23,27H,9-10,17-22H2,(H,31,34). The van der Waals surface area contributed by atoms with Gasteiger partial charge in [0.15, 0.2) is 0 Å². The van der Waals surface area contributed by atoms with Gasteiger partial charge in [-0.05, 0) is 48.7 Å². The Morgan fingerprint density at radius 2 is 1.53 bits per heavy atom. The molecule has 1 aliphatic heterocycles. The molecule has 34 heavy (non-hydrogen) atoms. The van der Waals surface area contributed by atoms with Gasteiger partial charge in [-0.3, -0.25) is 4.79 Å². The molecule has 2 heterocycles. The van der Waals surface area contributed by atoms with Crippen molar-refractivity contribution >= 4 is 16.8 Å². The molecule has 0 radical (unpaired) electrons. The quantitative estimate of drug-likeness (QED) is 0.369. The molecule has 1 aliphatic rings. The molecule has 3 aromatic carbocycles. The molecular formula is C30H33N3O. The highest BCUT2D eigenvalue weighted by molar-refractivity contribution is 5.86. The molecule has 4 nitrogen and oxygen atoms in total. The Morgan fingerprint density at radius 1 is 0.853 bits per heavy atom. The van der Waals surface area contributed by atoms with Gasteiger partial charge >= 0.3 is 0 Å². The Morgan fingerprint density at radius 3 is 2.29 bits per heavy atom. The van der Waals surface area contributed by atoms with E-state index in [1.807, 2.05) is 6.07 Å². The fourth-order valence-corrected chi connectivity index (χ4v) is 5.17. The number of para-hydroxylation sites is 1. The predicted molar refractivity (Wildman–Crippen MR) is 139 cm³/mol. The van der Waals surface area contributed by atoms with Gasteiger partial charge in [-0.1, -0.05) is 78.9 Å². The third-order valence-electron chi connectivity index (χ3n) is 6.93. The van der Waals surface area contributed by atoms with Crippen molar-refractivity contribution in [3.8, 4) is 0 Å². The molecule has 4 heteroatoms. The number of amides is 1. The molecule has 0 bridgehead atoms. The molecule has 1 atom stereocenters. The average Bonchev–Trinajstić information content (AvgIpc) is 3.52. The molecule has 4 aromatic rings. The monoisotopic (exact) mass is 451 g/mol. The van der Waals surface area contributed by atoms with Crippen LogP contribution in [-0.2, 0) is 11.3 Å². The molecular weight excluding hydrogens is 418 g/mol. The van der Waals surface area contributed by atoms with Gasteiger partial charge in [0.1, 0.15) is 0 Å². The van der Waals surface area contributed by atoms with Crippen molar-refractivity contribution in [2.45, 2.75) is 31.7 Å². The largest absolute Gasteiger partial charge is 0.355 e. The summed E-state index contributed by atoms with van der Waals surface area (Å²) in [6, 6.07) is 29.6. The number of rotatable bonds is 9. The average molecular weight is 452 g/mol. The molecule has 1 unspecified atom stereocenters. The third-order valence-corrected chi connectivity index (χ3v) is 6.93. The van der Waals surface area contributed by atoms with E-state index in [0.29, 0.717) is 6.42 Å². The van der Waals surface area contributed by atoms with Crippen molar-refractivity contribution in [3.63, 3.8) is 0 Å². The van der Waals surface area contributed by atoms with Crippen LogP contribution in [0.5, 0.6) is 0 Å². The Kier molecular flexibility index (Phi) is 7.06. The summed E-state index contributed by atoms with van der Waals surface area (Å²) >= 11 is 0. The van der Waals surface area contributed by atoms with E-state index in [9.17, 15) is 4.79 Å². The van der Waals surface area contributed by atoms with Crippen LogP contribution in [0.25, 0.3) is 10.9 Å². The van der Waals surface area contributed by atoms with E-state index in [4.69, 9.17) is 0 Å². The molecule has 1 N–H and O–H groups in total. The Bertz CT molecular complexity index is 1210. The van der Waals surface area contributed by atoms with Crippen molar-refractivity contribution in [3.05, 3.63) is 108 Å². The summed E-state index contributed by atoms with van der Waals surface area (Å²) in [5.41, 5.74) is 4.87. The maximum atomic E-state index is 13.1. The van der Waals surface area contributed by atoms with E-state index < -0.39 is 0 Å². The summed E-state index contributed by atoms with van der Waals surface area (Å²) < 4.78 is 2.32. The van der Waals surface area contributed by atoms with E-state index in [1.165, 1.54) is 40.4 Å². The fourth-order valence-electron chi connectivity index (χ4n) is 5.17. The summed E-state index contributed by atoms with van der Waals surface area (Å²) in [5.74, 6) is 0.128. The molecule has 174 valence electrons. The smallest absolute Gasteiger partial charge is 0.220 e. The molecule has 0 aliphatic carbocycles. The van der Waals surface area contributed by atoms with Gasteiger partial charge in [0, 0.05) is 49.1 Å². The van der Waals surface area contributed by atoms with Gasteiger partial charge in [-0.15, -0.1) is 0 Å². The Balaban J connectivity index is 1.42. The summed E-state index contributed by atoms with van der Waals surface area (Å²) in [5, 5.41) is 4.41. The van der Waals surface area contributed by atoms with Crippen LogP contribution in [0.1, 0.15) is 41.9 Å². The second kappa shape index (κ2) is 10.7. The first-order valence-electron chi connectivity index (χ1n) is 12.4. The number of carbonyl (C=O) groups is 1. The van der Waals surface area contributed by atoms with Crippen LogP contribution in [0.15, 0.2) is 91.1 Å². The normalized spacial score (nSPS) is 14.9. The lowest BCUT2D eigenvalue weighted by molar-refractivity contribution is -0.121. The molecule has 5 rings (SSSR count). The van der Waals surface area contributed by atoms with Crippen LogP contribution >= 0.6 is 0 Å². The van der Waals surface area contributed by atoms with E-state index in [2.05, 4.69) is 99.8 Å².